The van der Waals surface area contributed by atoms with Gasteiger partial charge in [-0.05, 0) is 26.0 Å². The number of fused-ring (bicyclic) bond motifs is 1. The quantitative estimate of drug-likeness (QED) is 0.826. The molecule has 1 aromatic heterocycles. The highest BCUT2D eigenvalue weighted by Crippen LogP contribution is 2.42. The third-order valence-electron chi connectivity index (χ3n) is 3.30. The van der Waals surface area contributed by atoms with Gasteiger partial charge < -0.3 is 9.67 Å². The van der Waals surface area contributed by atoms with E-state index in [1.165, 1.54) is 18.2 Å². The molecule has 0 fully saturated rings. The second-order valence-electron chi connectivity index (χ2n) is 4.69. The molecule has 3 nitrogen and oxygen atoms in total. The summed E-state index contributed by atoms with van der Waals surface area (Å²) in [5.41, 5.74) is -0.311. The highest BCUT2D eigenvalue weighted by atomic mass is 19.4. The number of halogens is 3. The molecule has 0 aliphatic heterocycles. The fourth-order valence-corrected chi connectivity index (χ4v) is 2.48. The van der Waals surface area contributed by atoms with Gasteiger partial charge in [0.2, 0.25) is 0 Å². The Kier molecular flexibility index (Phi) is 3.48. The van der Waals surface area contributed by atoms with Crippen LogP contribution in [0.1, 0.15) is 24.2 Å². The fraction of sp³-hybridized carbons (Fsp3) is 0.357. The highest BCUT2D eigenvalue weighted by Gasteiger charge is 2.36. The van der Waals surface area contributed by atoms with Gasteiger partial charge in [-0.25, -0.2) is 4.85 Å². The molecule has 2 aromatic rings. The van der Waals surface area contributed by atoms with E-state index in [1.54, 1.807) is 18.4 Å². The summed E-state index contributed by atoms with van der Waals surface area (Å²) in [4.78, 5) is 2.96. The van der Waals surface area contributed by atoms with Crippen LogP contribution in [0.4, 0.5) is 18.9 Å². The molecule has 0 radical (unpaired) electrons. The second-order valence-corrected chi connectivity index (χ2v) is 4.69. The fourth-order valence-electron chi connectivity index (χ4n) is 2.48. The zero-order valence-corrected chi connectivity index (χ0v) is 11.0. The second kappa shape index (κ2) is 4.84. The maximum atomic E-state index is 13.2. The lowest BCUT2D eigenvalue weighted by atomic mass is 10.1. The van der Waals surface area contributed by atoms with E-state index in [0.717, 1.165) is 0 Å². The number of nitrogens with zero attached hydrogens (tertiary/aromatic N) is 2. The first kappa shape index (κ1) is 14.4. The molecule has 1 N–H and O–H groups in total. The van der Waals surface area contributed by atoms with Crippen LogP contribution >= 0.6 is 0 Å². The zero-order chi connectivity index (χ0) is 15.1. The Hall–Kier alpha value is -2.00. The summed E-state index contributed by atoms with van der Waals surface area (Å²) in [5.74, 6) is 0. The summed E-state index contributed by atoms with van der Waals surface area (Å²) in [6.07, 6.45) is -4.58. The Morgan fingerprint density at radius 1 is 1.40 bits per heavy atom. The van der Waals surface area contributed by atoms with E-state index in [1.807, 2.05) is 0 Å². The van der Waals surface area contributed by atoms with Gasteiger partial charge in [-0.2, -0.15) is 13.2 Å². The van der Waals surface area contributed by atoms with Crippen LogP contribution in [-0.2, 0) is 6.18 Å². The van der Waals surface area contributed by atoms with Crippen molar-refractivity contribution in [3.8, 4) is 0 Å². The lowest BCUT2D eigenvalue weighted by Gasteiger charge is -2.16. The monoisotopic (exact) mass is 282 g/mol. The van der Waals surface area contributed by atoms with Crippen LogP contribution in [0.3, 0.4) is 0 Å². The van der Waals surface area contributed by atoms with Crippen LogP contribution in [0.2, 0.25) is 0 Å². The van der Waals surface area contributed by atoms with Gasteiger partial charge in [0, 0.05) is 16.6 Å². The molecule has 0 saturated carbocycles. The maximum absolute atomic E-state index is 13.2. The number of aliphatic hydroxyl groups excluding tert-OH is 1. The Labute approximate surface area is 114 Å². The van der Waals surface area contributed by atoms with E-state index in [9.17, 15) is 18.3 Å². The Balaban J connectivity index is 2.88. The highest BCUT2D eigenvalue weighted by molar-refractivity contribution is 5.90. The molecule has 0 spiro atoms. The maximum Gasteiger partial charge on any atom is 0.408 e. The summed E-state index contributed by atoms with van der Waals surface area (Å²) < 4.78 is 41.2. The normalized spacial score (nSPS) is 13.4. The van der Waals surface area contributed by atoms with Crippen molar-refractivity contribution in [1.29, 1.82) is 0 Å². The molecule has 20 heavy (non-hydrogen) atoms. The number of aliphatic hydroxyl groups is 1. The molecule has 0 amide bonds. The molecule has 106 valence electrons. The molecule has 0 aliphatic rings. The van der Waals surface area contributed by atoms with Crippen LogP contribution in [0.25, 0.3) is 15.7 Å². The smallest absolute Gasteiger partial charge is 0.394 e. The first-order chi connectivity index (χ1) is 9.31. The third-order valence-corrected chi connectivity index (χ3v) is 3.30. The first-order valence-electron chi connectivity index (χ1n) is 6.01. The molecule has 1 aromatic carbocycles. The summed E-state index contributed by atoms with van der Waals surface area (Å²) >= 11 is 0. The predicted octanol–water partition coefficient (Wildman–Crippen LogP) is 4.07. The predicted molar refractivity (Wildman–Crippen MR) is 69.7 cm³/mol. The lowest BCUT2D eigenvalue weighted by Crippen LogP contribution is -2.11. The van der Waals surface area contributed by atoms with Crippen LogP contribution in [0.5, 0.6) is 0 Å². The van der Waals surface area contributed by atoms with Crippen molar-refractivity contribution in [3.63, 3.8) is 0 Å². The van der Waals surface area contributed by atoms with Crippen molar-refractivity contribution in [3.05, 3.63) is 40.9 Å². The van der Waals surface area contributed by atoms with Gasteiger partial charge in [-0.3, -0.25) is 0 Å². The number of alkyl halides is 3. The molecule has 6 heteroatoms. The number of benzene rings is 1. The van der Waals surface area contributed by atoms with E-state index in [-0.39, 0.29) is 18.0 Å². The molecule has 0 saturated heterocycles. The molecule has 0 bridgehead atoms. The van der Waals surface area contributed by atoms with Crippen LogP contribution in [0, 0.1) is 13.5 Å². The average molecular weight is 282 g/mol. The molecule has 0 unspecified atom stereocenters. The number of aryl methyl sites for hydroxylation is 1. The standard InChI is InChI=1S/C14H13F3N2O/c1-8-6-10-12(19(8)9(2)7-20)5-4-11(18-3)13(10)14(15,16)17/h4-6,9,20H,7H2,1-2H3/t9-/m1/s1. The number of hydrogen-bond acceptors (Lipinski definition) is 1. The Bertz CT molecular complexity index is 695. The third kappa shape index (κ3) is 2.14. The minimum atomic E-state index is -4.58. The van der Waals surface area contributed by atoms with Crippen molar-refractivity contribution >= 4 is 16.6 Å². The summed E-state index contributed by atoms with van der Waals surface area (Å²) in [6, 6.07) is 3.77. The molecular weight excluding hydrogens is 269 g/mol. The zero-order valence-electron chi connectivity index (χ0n) is 11.0. The van der Waals surface area contributed by atoms with Crippen molar-refractivity contribution in [2.24, 2.45) is 0 Å². The number of hydrogen-bond donors (Lipinski definition) is 1. The molecule has 1 atom stereocenters. The van der Waals surface area contributed by atoms with E-state index in [4.69, 9.17) is 6.57 Å². The summed E-state index contributed by atoms with van der Waals surface area (Å²) in [5, 5.41) is 9.23. The SMILES string of the molecule is [C-]#[N+]c1ccc2c(cc(C)n2[C@H](C)CO)c1C(F)(F)F. The Morgan fingerprint density at radius 2 is 2.05 bits per heavy atom. The van der Waals surface area contributed by atoms with Crippen molar-refractivity contribution in [2.45, 2.75) is 26.1 Å². The minimum Gasteiger partial charge on any atom is -0.394 e. The molecular formula is C14H13F3N2O. The van der Waals surface area contributed by atoms with E-state index < -0.39 is 17.4 Å². The molecule has 1 heterocycles. The lowest BCUT2D eigenvalue weighted by molar-refractivity contribution is -0.135. The molecule has 2 rings (SSSR count). The van der Waals surface area contributed by atoms with Gasteiger partial charge in [-0.15, -0.1) is 0 Å². The van der Waals surface area contributed by atoms with Crippen molar-refractivity contribution < 1.29 is 18.3 Å². The number of aromatic nitrogens is 1. The van der Waals surface area contributed by atoms with Crippen molar-refractivity contribution in [2.75, 3.05) is 6.61 Å². The van der Waals surface area contributed by atoms with Gasteiger partial charge in [0.25, 0.3) is 0 Å². The number of rotatable bonds is 2. The Morgan fingerprint density at radius 3 is 2.55 bits per heavy atom. The van der Waals surface area contributed by atoms with Gasteiger partial charge in [0.1, 0.15) is 0 Å². The van der Waals surface area contributed by atoms with E-state index in [2.05, 4.69) is 4.85 Å². The largest absolute Gasteiger partial charge is 0.408 e. The summed E-state index contributed by atoms with van der Waals surface area (Å²) in [6.45, 7) is 10.1. The van der Waals surface area contributed by atoms with Crippen LogP contribution in [-0.4, -0.2) is 16.3 Å². The van der Waals surface area contributed by atoms with Crippen LogP contribution in [0.15, 0.2) is 18.2 Å². The van der Waals surface area contributed by atoms with Gasteiger partial charge in [0.15, 0.2) is 5.69 Å². The first-order valence-corrected chi connectivity index (χ1v) is 6.01. The van der Waals surface area contributed by atoms with Crippen LogP contribution < -0.4 is 0 Å². The average Bonchev–Trinajstić information content (AvgIpc) is 2.70. The van der Waals surface area contributed by atoms with Crippen molar-refractivity contribution in [1.82, 2.24) is 4.57 Å². The minimum absolute atomic E-state index is 0.00352. The van der Waals surface area contributed by atoms with Gasteiger partial charge in [-0.1, -0.05) is 6.07 Å². The van der Waals surface area contributed by atoms with E-state index >= 15 is 0 Å². The van der Waals surface area contributed by atoms with Gasteiger partial charge >= 0.3 is 6.18 Å². The molecule has 0 aliphatic carbocycles. The topological polar surface area (TPSA) is 29.5 Å². The summed E-state index contributed by atoms with van der Waals surface area (Å²) in [7, 11) is 0. The van der Waals surface area contributed by atoms with Gasteiger partial charge in [0.05, 0.1) is 24.8 Å². The van der Waals surface area contributed by atoms with E-state index in [0.29, 0.717) is 11.2 Å².